The van der Waals surface area contributed by atoms with Crippen molar-refractivity contribution in [2.45, 2.75) is 19.5 Å². The Bertz CT molecular complexity index is 633. The summed E-state index contributed by atoms with van der Waals surface area (Å²) in [4.78, 5) is 11.0. The minimum Gasteiger partial charge on any atom is -0.481 e. The summed E-state index contributed by atoms with van der Waals surface area (Å²) in [5, 5.41) is 12.9. The van der Waals surface area contributed by atoms with Gasteiger partial charge in [0, 0.05) is 30.7 Å². The molecule has 1 aliphatic heterocycles. The quantitative estimate of drug-likeness (QED) is 0.847. The van der Waals surface area contributed by atoms with E-state index in [4.69, 9.17) is 5.11 Å². The Labute approximate surface area is 103 Å². The molecule has 2 heterocycles. The van der Waals surface area contributed by atoms with Crippen molar-refractivity contribution in [3.05, 3.63) is 35.3 Å². The molecule has 0 fully saturated rings. The van der Waals surface area contributed by atoms with Crippen LogP contribution >= 0.6 is 0 Å². The number of aliphatic carboxylic acids is 1. The predicted octanol–water partition coefficient (Wildman–Crippen LogP) is 1.51. The molecule has 94 valence electrons. The van der Waals surface area contributed by atoms with Crippen LogP contribution in [0.15, 0.2) is 18.2 Å². The van der Waals surface area contributed by atoms with Crippen molar-refractivity contribution >= 4 is 16.9 Å². The minimum absolute atomic E-state index is 0.0655. The molecule has 0 bridgehead atoms. The maximum atomic E-state index is 13.9. The number of rotatable bonds is 2. The van der Waals surface area contributed by atoms with Gasteiger partial charge in [-0.2, -0.15) is 0 Å². The number of benzene rings is 1. The second-order valence-corrected chi connectivity index (χ2v) is 4.46. The fourth-order valence-electron chi connectivity index (χ4n) is 2.68. The van der Waals surface area contributed by atoms with Crippen LogP contribution in [-0.2, 0) is 24.3 Å². The molecule has 4 nitrogen and oxygen atoms in total. The van der Waals surface area contributed by atoms with Gasteiger partial charge in [-0.15, -0.1) is 0 Å². The monoisotopic (exact) mass is 248 g/mol. The first-order valence-corrected chi connectivity index (χ1v) is 5.89. The lowest BCUT2D eigenvalue weighted by atomic mass is 10.1. The second kappa shape index (κ2) is 4.10. The topological polar surface area (TPSA) is 54.3 Å². The van der Waals surface area contributed by atoms with Crippen LogP contribution in [0.25, 0.3) is 10.9 Å². The lowest BCUT2D eigenvalue weighted by Crippen LogP contribution is -2.28. The highest BCUT2D eigenvalue weighted by Gasteiger charge is 2.22. The number of carboxylic acid groups (broad SMARTS) is 1. The summed E-state index contributed by atoms with van der Waals surface area (Å²) in [5.41, 5.74) is 2.15. The predicted molar refractivity (Wildman–Crippen MR) is 64.9 cm³/mol. The van der Waals surface area contributed by atoms with Gasteiger partial charge in [-0.3, -0.25) is 4.79 Å². The number of hydrogen-bond acceptors (Lipinski definition) is 2. The first kappa shape index (κ1) is 11.2. The highest BCUT2D eigenvalue weighted by atomic mass is 19.1. The number of nitrogens with one attached hydrogen (secondary N) is 1. The molecular weight excluding hydrogens is 235 g/mol. The molecule has 18 heavy (non-hydrogen) atoms. The van der Waals surface area contributed by atoms with Gasteiger partial charge < -0.3 is 15.0 Å². The van der Waals surface area contributed by atoms with Crippen molar-refractivity contribution in [3.63, 3.8) is 0 Å². The van der Waals surface area contributed by atoms with Crippen molar-refractivity contribution in [2.75, 3.05) is 6.54 Å². The molecular formula is C13H13FN2O2. The molecule has 1 aromatic carbocycles. The van der Waals surface area contributed by atoms with E-state index in [2.05, 4.69) is 5.32 Å². The third-order valence-electron chi connectivity index (χ3n) is 3.39. The van der Waals surface area contributed by atoms with Crippen LogP contribution in [-0.4, -0.2) is 22.2 Å². The van der Waals surface area contributed by atoms with E-state index in [9.17, 15) is 9.18 Å². The average Bonchev–Trinajstić information content (AvgIpc) is 2.65. The van der Waals surface area contributed by atoms with Gasteiger partial charge in [0.15, 0.2) is 0 Å². The molecule has 0 unspecified atom stereocenters. The van der Waals surface area contributed by atoms with Crippen LogP contribution in [0.4, 0.5) is 4.39 Å². The van der Waals surface area contributed by atoms with E-state index in [0.717, 1.165) is 23.2 Å². The Kier molecular flexibility index (Phi) is 2.56. The van der Waals surface area contributed by atoms with E-state index in [0.29, 0.717) is 18.6 Å². The molecule has 0 saturated carbocycles. The van der Waals surface area contributed by atoms with Gasteiger partial charge >= 0.3 is 5.97 Å². The van der Waals surface area contributed by atoms with Gasteiger partial charge in [0.2, 0.25) is 0 Å². The molecule has 0 spiro atoms. The van der Waals surface area contributed by atoms with E-state index in [1.165, 1.54) is 6.07 Å². The Balaban J connectivity index is 2.32. The Hall–Kier alpha value is -1.88. The molecule has 0 amide bonds. The smallest absolute Gasteiger partial charge is 0.307 e. The van der Waals surface area contributed by atoms with Crippen LogP contribution in [0.3, 0.4) is 0 Å². The summed E-state index contributed by atoms with van der Waals surface area (Å²) < 4.78 is 15.8. The number of nitrogens with zero attached hydrogens (tertiary/aromatic N) is 1. The zero-order valence-corrected chi connectivity index (χ0v) is 9.74. The van der Waals surface area contributed by atoms with Gasteiger partial charge in [-0.05, 0) is 11.6 Å². The highest BCUT2D eigenvalue weighted by Crippen LogP contribution is 2.30. The summed E-state index contributed by atoms with van der Waals surface area (Å²) in [6, 6.07) is 4.84. The third-order valence-corrected chi connectivity index (χ3v) is 3.39. The maximum Gasteiger partial charge on any atom is 0.307 e. The molecule has 0 atom stereocenters. The summed E-state index contributed by atoms with van der Waals surface area (Å²) in [6.07, 6.45) is -0.0655. The number of para-hydroxylation sites is 1. The second-order valence-electron chi connectivity index (χ2n) is 4.46. The molecule has 0 saturated heterocycles. The van der Waals surface area contributed by atoms with Crippen LogP contribution in [0.5, 0.6) is 0 Å². The Morgan fingerprint density at radius 1 is 1.50 bits per heavy atom. The number of halogens is 1. The fraction of sp³-hybridized carbons (Fsp3) is 0.308. The first-order chi connectivity index (χ1) is 8.68. The number of aromatic nitrogens is 1. The molecule has 5 heteroatoms. The highest BCUT2D eigenvalue weighted by molar-refractivity contribution is 5.89. The minimum atomic E-state index is -0.889. The van der Waals surface area contributed by atoms with Crippen molar-refractivity contribution < 1.29 is 14.3 Å². The zero-order chi connectivity index (χ0) is 12.7. The van der Waals surface area contributed by atoms with Crippen LogP contribution in [0, 0.1) is 5.82 Å². The van der Waals surface area contributed by atoms with Gasteiger partial charge in [0.1, 0.15) is 5.82 Å². The van der Waals surface area contributed by atoms with E-state index in [1.807, 2.05) is 4.57 Å². The molecule has 3 rings (SSSR count). The third kappa shape index (κ3) is 1.59. The number of fused-ring (bicyclic) bond motifs is 3. The van der Waals surface area contributed by atoms with Crippen LogP contribution < -0.4 is 5.32 Å². The van der Waals surface area contributed by atoms with E-state index in [-0.39, 0.29) is 12.2 Å². The van der Waals surface area contributed by atoms with Crippen LogP contribution in [0.2, 0.25) is 0 Å². The molecule has 2 aromatic rings. The van der Waals surface area contributed by atoms with Crippen molar-refractivity contribution in [1.29, 1.82) is 0 Å². The van der Waals surface area contributed by atoms with Crippen molar-refractivity contribution in [3.8, 4) is 0 Å². The number of hydrogen-bond donors (Lipinski definition) is 2. The fourth-order valence-corrected chi connectivity index (χ4v) is 2.68. The maximum absolute atomic E-state index is 13.9. The zero-order valence-electron chi connectivity index (χ0n) is 9.74. The number of carboxylic acids is 1. The average molecular weight is 248 g/mol. The largest absolute Gasteiger partial charge is 0.481 e. The van der Waals surface area contributed by atoms with Gasteiger partial charge in [-0.25, -0.2) is 4.39 Å². The molecule has 2 N–H and O–H groups in total. The summed E-state index contributed by atoms with van der Waals surface area (Å²) in [6.45, 7) is 2.04. The van der Waals surface area contributed by atoms with E-state index < -0.39 is 5.97 Å². The molecule has 1 aliphatic rings. The number of carbonyl (C=O) groups is 1. The summed E-state index contributed by atoms with van der Waals surface area (Å²) in [7, 11) is 0. The van der Waals surface area contributed by atoms with Gasteiger partial charge in [0.05, 0.1) is 11.9 Å². The van der Waals surface area contributed by atoms with Crippen molar-refractivity contribution in [2.24, 2.45) is 0 Å². The van der Waals surface area contributed by atoms with Gasteiger partial charge in [0.25, 0.3) is 0 Å². The summed E-state index contributed by atoms with van der Waals surface area (Å²) >= 11 is 0. The Morgan fingerprint density at radius 3 is 3.11 bits per heavy atom. The van der Waals surface area contributed by atoms with Crippen molar-refractivity contribution in [1.82, 2.24) is 9.88 Å². The first-order valence-electron chi connectivity index (χ1n) is 5.89. The van der Waals surface area contributed by atoms with E-state index in [1.54, 1.807) is 12.1 Å². The molecule has 0 radical (unpaired) electrons. The summed E-state index contributed by atoms with van der Waals surface area (Å²) in [5.74, 6) is -1.17. The van der Waals surface area contributed by atoms with Crippen LogP contribution in [0.1, 0.15) is 11.3 Å². The Morgan fingerprint density at radius 2 is 2.33 bits per heavy atom. The standard InChI is InChI=1S/C13H13FN2O2/c14-10-3-1-2-8-9(6-12(17)18)11-7-15-4-5-16(11)13(8)10/h1-3,15H,4-7H2,(H,17,18). The normalized spacial score (nSPS) is 14.7. The van der Waals surface area contributed by atoms with Gasteiger partial charge in [-0.1, -0.05) is 12.1 Å². The lowest BCUT2D eigenvalue weighted by Gasteiger charge is -2.18. The molecule has 1 aromatic heterocycles. The SMILES string of the molecule is O=C(O)Cc1c2n(c3c(F)cccc13)CCNC2. The lowest BCUT2D eigenvalue weighted by molar-refractivity contribution is -0.136. The van der Waals surface area contributed by atoms with E-state index >= 15 is 0 Å². The molecule has 0 aliphatic carbocycles.